The molecule has 0 aromatic carbocycles. The molecule has 0 bridgehead atoms. The molecule has 0 unspecified atom stereocenters. The zero-order valence-corrected chi connectivity index (χ0v) is 9.51. The van der Waals surface area contributed by atoms with Gasteiger partial charge in [0.25, 0.3) is 5.91 Å². The number of aryl methyl sites for hydroxylation is 1. The molecular weight excluding hydrogens is 237 g/mol. The minimum atomic E-state index is -0.452. The highest BCUT2D eigenvalue weighted by Gasteiger charge is 2.07. The van der Waals surface area contributed by atoms with E-state index in [1.54, 1.807) is 6.07 Å². The summed E-state index contributed by atoms with van der Waals surface area (Å²) in [6, 6.07) is 5.80. The number of hydrazine groups is 1. The van der Waals surface area contributed by atoms with Crippen LogP contribution in [0.25, 0.3) is 0 Å². The zero-order chi connectivity index (χ0) is 13.0. The molecule has 0 aliphatic rings. The van der Waals surface area contributed by atoms with Gasteiger partial charge in [-0.25, -0.2) is 9.37 Å². The van der Waals surface area contributed by atoms with Crippen molar-refractivity contribution in [2.75, 3.05) is 5.43 Å². The van der Waals surface area contributed by atoms with E-state index in [-0.39, 0.29) is 11.4 Å². The molecule has 7 heteroatoms. The number of aromatic nitrogens is 3. The number of pyridine rings is 1. The summed E-state index contributed by atoms with van der Waals surface area (Å²) in [7, 11) is 0. The Morgan fingerprint density at radius 2 is 2.17 bits per heavy atom. The van der Waals surface area contributed by atoms with Gasteiger partial charge in [0, 0.05) is 6.20 Å². The first kappa shape index (κ1) is 11.9. The molecule has 0 radical (unpaired) electrons. The molecule has 2 N–H and O–H groups in total. The summed E-state index contributed by atoms with van der Waals surface area (Å²) in [4.78, 5) is 15.5. The van der Waals surface area contributed by atoms with Crippen molar-refractivity contribution in [2.45, 2.75) is 6.92 Å². The summed E-state index contributed by atoms with van der Waals surface area (Å²) in [6.07, 6.45) is 1.47. The van der Waals surface area contributed by atoms with Gasteiger partial charge in [0.15, 0.2) is 5.69 Å². The van der Waals surface area contributed by atoms with Crippen LogP contribution >= 0.6 is 0 Å². The Kier molecular flexibility index (Phi) is 3.42. The van der Waals surface area contributed by atoms with Crippen molar-refractivity contribution >= 4 is 11.7 Å². The summed E-state index contributed by atoms with van der Waals surface area (Å²) in [5.41, 5.74) is 5.37. The van der Waals surface area contributed by atoms with Crippen molar-refractivity contribution in [3.8, 4) is 0 Å². The minimum Gasteiger partial charge on any atom is -0.282 e. The lowest BCUT2D eigenvalue weighted by Gasteiger charge is -2.07. The molecular formula is C11H10FN5O. The molecule has 0 spiro atoms. The number of rotatable bonds is 3. The van der Waals surface area contributed by atoms with Crippen LogP contribution in [-0.4, -0.2) is 21.1 Å². The van der Waals surface area contributed by atoms with Crippen LogP contribution in [0, 0.1) is 12.7 Å². The van der Waals surface area contributed by atoms with Crippen LogP contribution in [0.4, 0.5) is 10.2 Å². The number of nitrogens with one attached hydrogen (secondary N) is 2. The molecule has 2 aromatic heterocycles. The van der Waals surface area contributed by atoms with Gasteiger partial charge in [-0.05, 0) is 31.2 Å². The van der Waals surface area contributed by atoms with E-state index in [4.69, 9.17) is 0 Å². The van der Waals surface area contributed by atoms with Crippen LogP contribution in [0.3, 0.4) is 0 Å². The summed E-state index contributed by atoms with van der Waals surface area (Å²) >= 11 is 0. The van der Waals surface area contributed by atoms with Crippen molar-refractivity contribution in [1.29, 1.82) is 0 Å². The fourth-order valence-corrected chi connectivity index (χ4v) is 1.22. The Morgan fingerprint density at radius 1 is 1.33 bits per heavy atom. The van der Waals surface area contributed by atoms with E-state index in [1.165, 1.54) is 31.3 Å². The number of amides is 1. The summed E-state index contributed by atoms with van der Waals surface area (Å²) in [5, 5.41) is 7.22. The molecule has 2 rings (SSSR count). The van der Waals surface area contributed by atoms with E-state index in [1.807, 2.05) is 0 Å². The van der Waals surface area contributed by atoms with Gasteiger partial charge in [-0.15, -0.1) is 5.10 Å². The van der Waals surface area contributed by atoms with E-state index < -0.39 is 11.7 Å². The summed E-state index contributed by atoms with van der Waals surface area (Å²) in [5.74, 6) is -0.515. The molecule has 2 heterocycles. The highest BCUT2D eigenvalue weighted by Crippen LogP contribution is 2.07. The number of halogens is 1. The van der Waals surface area contributed by atoms with Crippen molar-refractivity contribution in [2.24, 2.45) is 0 Å². The van der Waals surface area contributed by atoms with Crippen LogP contribution in [0.1, 0.15) is 16.2 Å². The van der Waals surface area contributed by atoms with Gasteiger partial charge in [0.05, 0.1) is 5.69 Å². The number of carbonyl (C=O) groups excluding carboxylic acids is 1. The van der Waals surface area contributed by atoms with Gasteiger partial charge in [-0.1, -0.05) is 0 Å². The van der Waals surface area contributed by atoms with Gasteiger partial charge < -0.3 is 0 Å². The van der Waals surface area contributed by atoms with Crippen LogP contribution in [0.5, 0.6) is 0 Å². The number of carbonyl (C=O) groups is 1. The van der Waals surface area contributed by atoms with Gasteiger partial charge in [0.2, 0.25) is 0 Å². The molecule has 1 amide bonds. The fraction of sp³-hybridized carbons (Fsp3) is 0.0909. The number of anilines is 1. The Morgan fingerprint density at radius 3 is 2.83 bits per heavy atom. The molecule has 2 aromatic rings. The topological polar surface area (TPSA) is 79.8 Å². The standard InChI is InChI=1S/C11H10FN5O/c1-7-8(12)4-5-10(14-7)16-17-11(18)9-3-2-6-13-15-9/h2-6H,1H3,(H,14,16)(H,17,18). The summed E-state index contributed by atoms with van der Waals surface area (Å²) in [6.45, 7) is 1.53. The largest absolute Gasteiger partial charge is 0.290 e. The van der Waals surface area contributed by atoms with E-state index >= 15 is 0 Å². The lowest BCUT2D eigenvalue weighted by molar-refractivity contribution is 0.0956. The average Bonchev–Trinajstić information content (AvgIpc) is 2.41. The molecule has 92 valence electrons. The molecule has 0 aliphatic heterocycles. The first-order valence-corrected chi connectivity index (χ1v) is 5.14. The SMILES string of the molecule is Cc1nc(NNC(=O)c2cccnn2)ccc1F. The van der Waals surface area contributed by atoms with E-state index in [0.717, 1.165) is 0 Å². The summed E-state index contributed by atoms with van der Waals surface area (Å²) < 4.78 is 13.0. The maximum atomic E-state index is 13.0. The second-order valence-electron chi connectivity index (χ2n) is 3.45. The van der Waals surface area contributed by atoms with Crippen molar-refractivity contribution < 1.29 is 9.18 Å². The molecule has 0 saturated carbocycles. The van der Waals surface area contributed by atoms with E-state index in [0.29, 0.717) is 5.82 Å². The monoisotopic (exact) mass is 247 g/mol. The lowest BCUT2D eigenvalue weighted by Crippen LogP contribution is -2.30. The van der Waals surface area contributed by atoms with E-state index in [2.05, 4.69) is 26.0 Å². The highest BCUT2D eigenvalue weighted by atomic mass is 19.1. The molecule has 0 atom stereocenters. The predicted molar refractivity (Wildman–Crippen MR) is 62.1 cm³/mol. The third kappa shape index (κ3) is 2.76. The van der Waals surface area contributed by atoms with Crippen molar-refractivity contribution in [1.82, 2.24) is 20.6 Å². The zero-order valence-electron chi connectivity index (χ0n) is 9.51. The molecule has 0 fully saturated rings. The highest BCUT2D eigenvalue weighted by molar-refractivity contribution is 5.92. The second kappa shape index (κ2) is 5.17. The minimum absolute atomic E-state index is 0.170. The first-order chi connectivity index (χ1) is 8.66. The normalized spacial score (nSPS) is 9.89. The Hall–Kier alpha value is -2.57. The maximum absolute atomic E-state index is 13.0. The predicted octanol–water partition coefficient (Wildman–Crippen LogP) is 1.08. The van der Waals surface area contributed by atoms with Gasteiger partial charge in [-0.2, -0.15) is 5.10 Å². The lowest BCUT2D eigenvalue weighted by atomic mass is 10.3. The van der Waals surface area contributed by atoms with Gasteiger partial charge in [0.1, 0.15) is 11.6 Å². The van der Waals surface area contributed by atoms with Crippen molar-refractivity contribution in [3.05, 3.63) is 47.7 Å². The molecule has 0 saturated heterocycles. The van der Waals surface area contributed by atoms with Crippen LogP contribution in [0.15, 0.2) is 30.5 Å². The smallest absolute Gasteiger partial charge is 0.282 e. The average molecular weight is 247 g/mol. The third-order valence-electron chi connectivity index (χ3n) is 2.13. The Labute approximate surface area is 102 Å². The maximum Gasteiger partial charge on any atom is 0.290 e. The molecule has 18 heavy (non-hydrogen) atoms. The molecule has 0 aliphatic carbocycles. The van der Waals surface area contributed by atoms with E-state index in [9.17, 15) is 9.18 Å². The Bertz CT molecular complexity index is 561. The fourth-order valence-electron chi connectivity index (χ4n) is 1.22. The Balaban J connectivity index is 1.99. The van der Waals surface area contributed by atoms with Crippen LogP contribution < -0.4 is 10.9 Å². The van der Waals surface area contributed by atoms with Crippen LogP contribution in [-0.2, 0) is 0 Å². The quantitative estimate of drug-likeness (QED) is 0.793. The second-order valence-corrected chi connectivity index (χ2v) is 3.45. The van der Waals surface area contributed by atoms with Crippen molar-refractivity contribution in [3.63, 3.8) is 0 Å². The number of nitrogens with zero attached hydrogens (tertiary/aromatic N) is 3. The third-order valence-corrected chi connectivity index (χ3v) is 2.13. The number of hydrogen-bond acceptors (Lipinski definition) is 5. The van der Waals surface area contributed by atoms with Gasteiger partial charge >= 0.3 is 0 Å². The molecule has 6 nitrogen and oxygen atoms in total. The van der Waals surface area contributed by atoms with Crippen LogP contribution in [0.2, 0.25) is 0 Å². The van der Waals surface area contributed by atoms with Gasteiger partial charge in [-0.3, -0.25) is 15.6 Å². The first-order valence-electron chi connectivity index (χ1n) is 5.14. The number of hydrogen-bond donors (Lipinski definition) is 2.